The van der Waals surface area contributed by atoms with Gasteiger partial charge in [0.1, 0.15) is 0 Å². The number of carbonyl (C=O) groups is 1. The predicted octanol–water partition coefficient (Wildman–Crippen LogP) is 7.44. The second-order valence-electron chi connectivity index (χ2n) is 11.7. The highest BCUT2D eigenvalue weighted by Gasteiger charge is 2.30. The molecule has 1 amide bonds. The SMILES string of the molecule is CC(C)(C)c1ccc(C(c2ccccc2)N2CCN(C(=O)CC(c3ccccc3)c3ccccc3)CC2)cc1. The van der Waals surface area contributed by atoms with Crippen molar-refractivity contribution in [3.05, 3.63) is 143 Å². The minimum absolute atomic E-state index is 0.0660. The molecule has 200 valence electrons. The molecule has 1 atom stereocenters. The topological polar surface area (TPSA) is 23.6 Å². The number of hydrogen-bond acceptors (Lipinski definition) is 2. The molecule has 1 aliphatic heterocycles. The summed E-state index contributed by atoms with van der Waals surface area (Å²) in [4.78, 5) is 18.2. The van der Waals surface area contributed by atoms with Crippen molar-refractivity contribution >= 4 is 5.91 Å². The van der Waals surface area contributed by atoms with E-state index in [4.69, 9.17) is 0 Å². The molecule has 4 aromatic rings. The molecule has 0 bridgehead atoms. The van der Waals surface area contributed by atoms with Crippen LogP contribution in [0.5, 0.6) is 0 Å². The van der Waals surface area contributed by atoms with Gasteiger partial charge in [-0.25, -0.2) is 0 Å². The summed E-state index contributed by atoms with van der Waals surface area (Å²) >= 11 is 0. The third-order valence-electron chi connectivity index (χ3n) is 8.02. The molecule has 3 heteroatoms. The normalized spacial score (nSPS) is 15.3. The summed E-state index contributed by atoms with van der Waals surface area (Å²) in [5.41, 5.74) is 6.47. The number of rotatable bonds is 7. The van der Waals surface area contributed by atoms with Gasteiger partial charge in [-0.05, 0) is 33.2 Å². The lowest BCUT2D eigenvalue weighted by atomic mass is 9.85. The van der Waals surface area contributed by atoms with E-state index in [0.29, 0.717) is 6.42 Å². The summed E-state index contributed by atoms with van der Waals surface area (Å²) in [5.74, 6) is 0.300. The maximum atomic E-state index is 13.6. The molecule has 1 saturated heterocycles. The van der Waals surface area contributed by atoms with Gasteiger partial charge in [0.25, 0.3) is 0 Å². The Labute approximate surface area is 234 Å². The van der Waals surface area contributed by atoms with Gasteiger partial charge in [0.2, 0.25) is 5.91 Å². The fraction of sp³-hybridized carbons (Fsp3) is 0.306. The molecule has 1 aliphatic rings. The number of piperazine rings is 1. The molecule has 1 unspecified atom stereocenters. The van der Waals surface area contributed by atoms with Crippen molar-refractivity contribution in [3.8, 4) is 0 Å². The van der Waals surface area contributed by atoms with E-state index >= 15 is 0 Å². The molecule has 0 aliphatic carbocycles. The van der Waals surface area contributed by atoms with E-state index in [9.17, 15) is 4.79 Å². The van der Waals surface area contributed by atoms with Gasteiger partial charge in [0, 0.05) is 38.5 Å². The van der Waals surface area contributed by atoms with Gasteiger partial charge in [-0.1, -0.05) is 136 Å². The van der Waals surface area contributed by atoms with Crippen LogP contribution >= 0.6 is 0 Å². The van der Waals surface area contributed by atoms with E-state index in [-0.39, 0.29) is 23.3 Å². The Hall–Kier alpha value is -3.69. The van der Waals surface area contributed by atoms with Crippen LogP contribution in [0.3, 0.4) is 0 Å². The number of nitrogens with zero attached hydrogens (tertiary/aromatic N) is 2. The lowest BCUT2D eigenvalue weighted by Gasteiger charge is -2.40. The Bertz CT molecular complexity index is 1280. The maximum Gasteiger partial charge on any atom is 0.223 e. The second kappa shape index (κ2) is 12.0. The van der Waals surface area contributed by atoms with E-state index in [1.807, 2.05) is 12.1 Å². The monoisotopic (exact) mass is 516 g/mol. The van der Waals surface area contributed by atoms with Gasteiger partial charge in [-0.2, -0.15) is 0 Å². The standard InChI is InChI=1S/C36H40N2O/c1-36(2,3)32-21-19-31(20-22-32)35(30-17-11-6-12-18-30)38-25-23-37(24-26-38)34(39)27-33(28-13-7-4-8-14-28)29-15-9-5-10-16-29/h4-22,33,35H,23-27H2,1-3H3. The first-order chi connectivity index (χ1) is 18.9. The molecule has 3 nitrogen and oxygen atoms in total. The zero-order chi connectivity index (χ0) is 27.2. The zero-order valence-electron chi connectivity index (χ0n) is 23.5. The molecule has 4 aromatic carbocycles. The molecular weight excluding hydrogens is 476 g/mol. The fourth-order valence-corrected chi connectivity index (χ4v) is 5.75. The summed E-state index contributed by atoms with van der Waals surface area (Å²) < 4.78 is 0. The van der Waals surface area contributed by atoms with E-state index in [1.54, 1.807) is 0 Å². The number of benzene rings is 4. The minimum atomic E-state index is 0.0660. The zero-order valence-corrected chi connectivity index (χ0v) is 23.5. The van der Waals surface area contributed by atoms with Crippen LogP contribution in [-0.4, -0.2) is 41.9 Å². The smallest absolute Gasteiger partial charge is 0.223 e. The Kier molecular flexibility index (Phi) is 8.28. The van der Waals surface area contributed by atoms with Crippen molar-refractivity contribution in [1.82, 2.24) is 9.80 Å². The highest BCUT2D eigenvalue weighted by Crippen LogP contribution is 2.33. The first-order valence-electron chi connectivity index (χ1n) is 14.2. The summed E-state index contributed by atoms with van der Waals surface area (Å²) in [6.07, 6.45) is 0.490. The Morgan fingerprint density at radius 3 is 1.51 bits per heavy atom. The number of carbonyl (C=O) groups excluding carboxylic acids is 1. The van der Waals surface area contributed by atoms with Gasteiger partial charge in [-0.15, -0.1) is 0 Å². The lowest BCUT2D eigenvalue weighted by molar-refractivity contribution is -0.133. The van der Waals surface area contributed by atoms with Crippen LogP contribution in [0.1, 0.15) is 67.0 Å². The average molecular weight is 517 g/mol. The summed E-state index contributed by atoms with van der Waals surface area (Å²) in [6.45, 7) is 9.98. The van der Waals surface area contributed by atoms with Gasteiger partial charge in [0.15, 0.2) is 0 Å². The van der Waals surface area contributed by atoms with Crippen molar-refractivity contribution in [2.45, 2.75) is 44.6 Å². The lowest BCUT2D eigenvalue weighted by Crippen LogP contribution is -2.50. The first kappa shape index (κ1) is 26.9. The molecular formula is C36H40N2O. The number of amides is 1. The molecule has 5 rings (SSSR count). The van der Waals surface area contributed by atoms with Crippen LogP contribution in [0.4, 0.5) is 0 Å². The van der Waals surface area contributed by atoms with Crippen LogP contribution in [0.2, 0.25) is 0 Å². The van der Waals surface area contributed by atoms with Crippen LogP contribution in [0.15, 0.2) is 115 Å². The van der Waals surface area contributed by atoms with Crippen LogP contribution < -0.4 is 0 Å². The molecule has 0 spiro atoms. The molecule has 0 radical (unpaired) electrons. The quantitative estimate of drug-likeness (QED) is 0.255. The third-order valence-corrected chi connectivity index (χ3v) is 8.02. The fourth-order valence-electron chi connectivity index (χ4n) is 5.75. The van der Waals surface area contributed by atoms with Crippen molar-refractivity contribution in [1.29, 1.82) is 0 Å². The largest absolute Gasteiger partial charge is 0.340 e. The van der Waals surface area contributed by atoms with Crippen molar-refractivity contribution in [2.24, 2.45) is 0 Å². The van der Waals surface area contributed by atoms with Gasteiger partial charge in [0.05, 0.1) is 6.04 Å². The molecule has 0 aromatic heterocycles. The van der Waals surface area contributed by atoms with E-state index in [2.05, 4.69) is 134 Å². The Balaban J connectivity index is 1.31. The third kappa shape index (κ3) is 6.49. The molecule has 39 heavy (non-hydrogen) atoms. The van der Waals surface area contributed by atoms with Gasteiger partial charge >= 0.3 is 0 Å². The highest BCUT2D eigenvalue weighted by molar-refractivity contribution is 5.78. The molecule has 1 heterocycles. The highest BCUT2D eigenvalue weighted by atomic mass is 16.2. The van der Waals surface area contributed by atoms with E-state index < -0.39 is 0 Å². The number of hydrogen-bond donors (Lipinski definition) is 0. The summed E-state index contributed by atoms with van der Waals surface area (Å²) in [6, 6.07) is 41.0. The minimum Gasteiger partial charge on any atom is -0.340 e. The van der Waals surface area contributed by atoms with Crippen molar-refractivity contribution in [3.63, 3.8) is 0 Å². The summed E-state index contributed by atoms with van der Waals surface area (Å²) in [7, 11) is 0. The van der Waals surface area contributed by atoms with E-state index in [1.165, 1.54) is 27.8 Å². The Morgan fingerprint density at radius 1 is 0.615 bits per heavy atom. The molecule has 0 N–H and O–H groups in total. The Morgan fingerprint density at radius 2 is 1.05 bits per heavy atom. The predicted molar refractivity (Wildman–Crippen MR) is 161 cm³/mol. The van der Waals surface area contributed by atoms with Crippen LogP contribution in [0, 0.1) is 0 Å². The average Bonchev–Trinajstić information content (AvgIpc) is 2.97. The maximum absolute atomic E-state index is 13.6. The first-order valence-corrected chi connectivity index (χ1v) is 14.2. The van der Waals surface area contributed by atoms with Crippen molar-refractivity contribution < 1.29 is 4.79 Å². The summed E-state index contributed by atoms with van der Waals surface area (Å²) in [5, 5.41) is 0. The van der Waals surface area contributed by atoms with Crippen LogP contribution in [-0.2, 0) is 10.2 Å². The van der Waals surface area contributed by atoms with Crippen LogP contribution in [0.25, 0.3) is 0 Å². The van der Waals surface area contributed by atoms with Gasteiger partial charge in [-0.3, -0.25) is 9.69 Å². The second-order valence-corrected chi connectivity index (χ2v) is 11.7. The van der Waals surface area contributed by atoms with Gasteiger partial charge < -0.3 is 4.90 Å². The van der Waals surface area contributed by atoms with Crippen molar-refractivity contribution in [2.75, 3.05) is 26.2 Å². The molecule has 1 fully saturated rings. The molecule has 0 saturated carbocycles. The van der Waals surface area contributed by atoms with E-state index in [0.717, 1.165) is 26.2 Å².